The van der Waals surface area contributed by atoms with Crippen LogP contribution in [0.1, 0.15) is 11.1 Å². The van der Waals surface area contributed by atoms with E-state index in [9.17, 15) is 4.48 Å². The first-order chi connectivity index (χ1) is 4.72. The maximum absolute atomic E-state index is 12.4. The van der Waals surface area contributed by atoms with Crippen LogP contribution in [0.15, 0.2) is 18.5 Å². The monoisotopic (exact) mass is 137 g/mol. The number of rotatable bonds is 0. The van der Waals surface area contributed by atoms with Gasteiger partial charge in [0.05, 0.1) is 4.48 Å². The topological polar surface area (TPSA) is 27.7 Å². The average molecular weight is 137 g/mol. The summed E-state index contributed by atoms with van der Waals surface area (Å²) in [6.07, 6.45) is 2.44. The van der Waals surface area contributed by atoms with Gasteiger partial charge in [0.1, 0.15) is 11.6 Å². The molecule has 0 spiro atoms. The predicted octanol–water partition coefficient (Wildman–Crippen LogP) is 0.887. The molecule has 0 saturated heterocycles. The summed E-state index contributed by atoms with van der Waals surface area (Å²) in [7, 11) is 0. The third-order valence-corrected chi connectivity index (χ3v) is 1.10. The van der Waals surface area contributed by atoms with Crippen molar-refractivity contribution < 1.29 is 9.27 Å². The number of nitrogens with zero attached hydrogens (tertiary/aromatic N) is 2. The van der Waals surface area contributed by atoms with Gasteiger partial charge in [-0.25, -0.2) is 0 Å². The van der Waals surface area contributed by atoms with Crippen LogP contribution in [0.4, 0.5) is 4.48 Å². The first-order valence-electron chi connectivity index (χ1n) is 2.81. The molecule has 0 aliphatic heterocycles. The van der Waals surface area contributed by atoms with Gasteiger partial charge in [0.15, 0.2) is 0 Å². The van der Waals surface area contributed by atoms with E-state index in [0.717, 1.165) is 11.8 Å². The van der Waals surface area contributed by atoms with Crippen molar-refractivity contribution in [1.29, 1.82) is 5.26 Å². The minimum atomic E-state index is 0.336. The van der Waals surface area contributed by atoms with Gasteiger partial charge < -0.3 is 0 Å². The van der Waals surface area contributed by atoms with Gasteiger partial charge in [-0.3, -0.25) is 0 Å². The molecule has 0 aliphatic rings. The summed E-state index contributed by atoms with van der Waals surface area (Å²) in [6, 6.07) is 3.47. The van der Waals surface area contributed by atoms with Crippen LogP contribution in [-0.2, 0) is 0 Å². The summed E-state index contributed by atoms with van der Waals surface area (Å²) in [5.74, 6) is 0. The zero-order valence-electron chi connectivity index (χ0n) is 5.50. The minimum absolute atomic E-state index is 0.336. The highest BCUT2D eigenvalue weighted by Crippen LogP contribution is 1.96. The Balaban J connectivity index is 3.22. The number of hydrogen-bond acceptors (Lipinski definition) is 1. The Hall–Kier alpha value is -1.43. The van der Waals surface area contributed by atoms with Crippen LogP contribution in [0.2, 0.25) is 0 Å². The number of pyridine rings is 1. The molecule has 0 fully saturated rings. The van der Waals surface area contributed by atoms with Crippen LogP contribution < -0.4 is 4.79 Å². The fraction of sp³-hybridized carbons (Fsp3) is 0.143. The molecule has 3 heteroatoms. The molecule has 10 heavy (non-hydrogen) atoms. The molecule has 0 unspecified atom stereocenters. The summed E-state index contributed by atoms with van der Waals surface area (Å²) >= 11 is 0. The average Bonchev–Trinajstić information content (AvgIpc) is 1.85. The lowest BCUT2D eigenvalue weighted by Gasteiger charge is -1.84. The summed E-state index contributed by atoms with van der Waals surface area (Å²) < 4.78 is 12.4. The van der Waals surface area contributed by atoms with E-state index >= 15 is 0 Å². The fourth-order valence-corrected chi connectivity index (χ4v) is 0.746. The summed E-state index contributed by atoms with van der Waals surface area (Å²) in [6.45, 7) is 1.73. The van der Waals surface area contributed by atoms with Crippen LogP contribution in [0.3, 0.4) is 0 Å². The highest BCUT2D eigenvalue weighted by molar-refractivity contribution is 5.25. The van der Waals surface area contributed by atoms with Gasteiger partial charge in [-0.15, -0.1) is 0 Å². The molecule has 50 valence electrons. The second-order valence-electron chi connectivity index (χ2n) is 2.06. The van der Waals surface area contributed by atoms with Crippen LogP contribution >= 0.6 is 0 Å². The van der Waals surface area contributed by atoms with Crippen molar-refractivity contribution in [3.05, 3.63) is 29.6 Å². The second-order valence-corrected chi connectivity index (χ2v) is 2.06. The Morgan fingerprint density at radius 1 is 1.60 bits per heavy atom. The van der Waals surface area contributed by atoms with Crippen molar-refractivity contribution in [2.45, 2.75) is 6.92 Å². The molecular formula is C7H6FN2+. The van der Waals surface area contributed by atoms with Crippen molar-refractivity contribution in [1.82, 2.24) is 0 Å². The molecule has 1 heterocycles. The quantitative estimate of drug-likeness (QED) is 0.521. The highest BCUT2D eigenvalue weighted by atomic mass is 19.2. The SMILES string of the molecule is Cc1cc(C#N)c[n+](F)c1. The zero-order valence-corrected chi connectivity index (χ0v) is 5.50. The van der Waals surface area contributed by atoms with E-state index in [4.69, 9.17) is 5.26 Å². The van der Waals surface area contributed by atoms with Crippen molar-refractivity contribution in [2.24, 2.45) is 0 Å². The molecule has 0 bridgehead atoms. The Kier molecular flexibility index (Phi) is 1.63. The van der Waals surface area contributed by atoms with E-state index in [1.165, 1.54) is 6.20 Å². The minimum Gasteiger partial charge on any atom is -0.192 e. The standard InChI is InChI=1S/C7H6FN2/c1-6-2-7(3-9)5-10(8)4-6/h2,4-5H,1H3/q+1. The molecule has 0 atom stereocenters. The predicted molar refractivity (Wildman–Crippen MR) is 32.6 cm³/mol. The second kappa shape index (κ2) is 2.44. The van der Waals surface area contributed by atoms with Gasteiger partial charge >= 0.3 is 0 Å². The van der Waals surface area contributed by atoms with Crippen molar-refractivity contribution in [3.8, 4) is 6.07 Å². The Morgan fingerprint density at radius 2 is 2.30 bits per heavy atom. The summed E-state index contributed by atoms with van der Waals surface area (Å²) in [4.78, 5) is 0.383. The smallest absolute Gasteiger partial charge is 0.192 e. The molecule has 0 saturated carbocycles. The Morgan fingerprint density at radius 3 is 2.80 bits per heavy atom. The third kappa shape index (κ3) is 1.29. The van der Waals surface area contributed by atoms with Crippen molar-refractivity contribution in [2.75, 3.05) is 0 Å². The lowest BCUT2D eigenvalue weighted by molar-refractivity contribution is -0.844. The number of aryl methyl sites for hydroxylation is 1. The maximum Gasteiger partial charge on any atom is 0.236 e. The van der Waals surface area contributed by atoms with Gasteiger partial charge in [0.2, 0.25) is 12.4 Å². The van der Waals surface area contributed by atoms with Crippen LogP contribution in [0, 0.1) is 18.3 Å². The van der Waals surface area contributed by atoms with Crippen LogP contribution in [0.25, 0.3) is 0 Å². The molecule has 1 aromatic rings. The molecule has 0 radical (unpaired) electrons. The molecule has 0 aromatic carbocycles. The normalized spacial score (nSPS) is 8.90. The van der Waals surface area contributed by atoms with Crippen LogP contribution in [-0.4, -0.2) is 0 Å². The Bertz CT molecular complexity index is 268. The largest absolute Gasteiger partial charge is 0.236 e. The molecular weight excluding hydrogens is 131 g/mol. The van der Waals surface area contributed by atoms with Crippen molar-refractivity contribution >= 4 is 0 Å². The van der Waals surface area contributed by atoms with Gasteiger partial charge in [-0.05, 0) is 13.0 Å². The molecule has 1 aromatic heterocycles. The van der Waals surface area contributed by atoms with Gasteiger partial charge in [0.25, 0.3) is 0 Å². The number of nitriles is 1. The van der Waals surface area contributed by atoms with E-state index in [0.29, 0.717) is 10.4 Å². The van der Waals surface area contributed by atoms with Gasteiger partial charge in [-0.1, -0.05) is 0 Å². The van der Waals surface area contributed by atoms with E-state index < -0.39 is 0 Å². The van der Waals surface area contributed by atoms with Gasteiger partial charge in [-0.2, -0.15) is 5.26 Å². The number of hydrogen-bond donors (Lipinski definition) is 0. The summed E-state index contributed by atoms with van der Waals surface area (Å²) in [5.41, 5.74) is 1.07. The van der Waals surface area contributed by atoms with Crippen molar-refractivity contribution in [3.63, 3.8) is 0 Å². The van der Waals surface area contributed by atoms with Gasteiger partial charge in [0, 0.05) is 10.4 Å². The molecule has 0 N–H and O–H groups in total. The third-order valence-electron chi connectivity index (χ3n) is 1.10. The maximum atomic E-state index is 12.4. The summed E-state index contributed by atoms with van der Waals surface area (Å²) in [5, 5.41) is 8.36. The first-order valence-corrected chi connectivity index (χ1v) is 2.81. The molecule has 2 nitrogen and oxygen atoms in total. The lowest BCUT2D eigenvalue weighted by Crippen LogP contribution is -2.21. The van der Waals surface area contributed by atoms with E-state index in [1.807, 2.05) is 6.07 Å². The Labute approximate surface area is 58.1 Å². The van der Waals surface area contributed by atoms with E-state index in [-0.39, 0.29) is 0 Å². The zero-order chi connectivity index (χ0) is 7.56. The van der Waals surface area contributed by atoms with E-state index in [2.05, 4.69) is 0 Å². The number of aromatic nitrogens is 1. The van der Waals surface area contributed by atoms with E-state index in [1.54, 1.807) is 13.0 Å². The fourth-order valence-electron chi connectivity index (χ4n) is 0.746. The highest BCUT2D eigenvalue weighted by Gasteiger charge is 2.02. The lowest BCUT2D eigenvalue weighted by atomic mass is 10.2. The van der Waals surface area contributed by atoms with Crippen LogP contribution in [0.5, 0.6) is 0 Å². The number of halogens is 1. The first kappa shape index (κ1) is 6.69. The molecule has 1 rings (SSSR count). The molecule has 0 aliphatic carbocycles. The molecule has 0 amide bonds.